The Labute approximate surface area is 147 Å². The molecule has 1 fully saturated rings. The third-order valence-electron chi connectivity index (χ3n) is 4.91. The molecule has 1 atom stereocenters. The quantitative estimate of drug-likeness (QED) is 0.809. The van der Waals surface area contributed by atoms with E-state index in [9.17, 15) is 4.79 Å². The highest BCUT2D eigenvalue weighted by Gasteiger charge is 2.30. The van der Waals surface area contributed by atoms with E-state index in [2.05, 4.69) is 10.1 Å². The number of hydrogen-bond acceptors (Lipinski definition) is 4. The van der Waals surface area contributed by atoms with Crippen molar-refractivity contribution in [2.45, 2.75) is 39.0 Å². The molecule has 2 aromatic rings. The third-order valence-corrected chi connectivity index (χ3v) is 4.91. The van der Waals surface area contributed by atoms with Gasteiger partial charge in [0.25, 0.3) is 0 Å². The number of carbonyl (C=O) groups excluding carboxylic acids is 1. The van der Waals surface area contributed by atoms with Crippen LogP contribution in [0, 0.1) is 11.8 Å². The van der Waals surface area contributed by atoms with Crippen molar-refractivity contribution in [1.29, 1.82) is 0 Å². The molecule has 2 aliphatic rings. The van der Waals surface area contributed by atoms with Gasteiger partial charge in [-0.1, -0.05) is 6.07 Å². The topological polar surface area (TPSA) is 60.2 Å². The molecule has 6 heteroatoms. The fourth-order valence-corrected chi connectivity index (χ4v) is 3.34. The Morgan fingerprint density at radius 3 is 2.88 bits per heavy atom. The number of hydrogen-bond donors (Lipinski definition) is 0. The zero-order valence-electron chi connectivity index (χ0n) is 14.4. The number of pyridine rings is 1. The lowest BCUT2D eigenvalue weighted by molar-refractivity contribution is -0.133. The summed E-state index contributed by atoms with van der Waals surface area (Å²) < 4.78 is 7.90. The van der Waals surface area contributed by atoms with E-state index >= 15 is 0 Å². The molecule has 25 heavy (non-hydrogen) atoms. The van der Waals surface area contributed by atoms with Crippen molar-refractivity contribution < 1.29 is 9.53 Å². The number of nitrogens with zero attached hydrogens (tertiary/aromatic N) is 4. The second-order valence-corrected chi connectivity index (χ2v) is 7.13. The van der Waals surface area contributed by atoms with Crippen molar-refractivity contribution in [3.63, 3.8) is 0 Å². The summed E-state index contributed by atoms with van der Waals surface area (Å²) in [6.45, 7) is 3.28. The maximum atomic E-state index is 12.6. The zero-order chi connectivity index (χ0) is 17.1. The van der Waals surface area contributed by atoms with Crippen LogP contribution in [-0.4, -0.2) is 38.7 Å². The number of ether oxygens (including phenoxy) is 1. The molecule has 1 aliphatic carbocycles. The highest BCUT2D eigenvalue weighted by molar-refractivity contribution is 5.76. The largest absolute Gasteiger partial charge is 0.375 e. The smallest absolute Gasteiger partial charge is 0.223 e. The molecule has 0 N–H and O–H groups in total. The highest BCUT2D eigenvalue weighted by atomic mass is 16.5. The normalized spacial score (nSPS) is 20.2. The maximum absolute atomic E-state index is 12.6. The molecular weight excluding hydrogens is 316 g/mol. The van der Waals surface area contributed by atoms with Gasteiger partial charge in [-0.05, 0) is 37.0 Å². The van der Waals surface area contributed by atoms with Gasteiger partial charge < -0.3 is 9.64 Å². The Kier molecular flexibility index (Phi) is 4.78. The minimum Gasteiger partial charge on any atom is -0.375 e. The van der Waals surface area contributed by atoms with Gasteiger partial charge in [0.15, 0.2) is 0 Å². The van der Waals surface area contributed by atoms with Gasteiger partial charge >= 0.3 is 0 Å². The Morgan fingerprint density at radius 2 is 2.08 bits per heavy atom. The summed E-state index contributed by atoms with van der Waals surface area (Å²) in [6, 6.07) is 7.84. The second kappa shape index (κ2) is 7.35. The summed E-state index contributed by atoms with van der Waals surface area (Å²) >= 11 is 0. The van der Waals surface area contributed by atoms with Crippen LogP contribution in [0.25, 0.3) is 0 Å². The van der Waals surface area contributed by atoms with Crippen LogP contribution in [0.15, 0.2) is 36.7 Å². The lowest BCUT2D eigenvalue weighted by atomic mass is 10.1. The third kappa shape index (κ3) is 4.25. The van der Waals surface area contributed by atoms with Crippen LogP contribution in [0.2, 0.25) is 0 Å². The van der Waals surface area contributed by atoms with E-state index in [1.165, 1.54) is 12.8 Å². The van der Waals surface area contributed by atoms with Gasteiger partial charge in [-0.25, -0.2) is 0 Å². The zero-order valence-corrected chi connectivity index (χ0v) is 14.4. The summed E-state index contributed by atoms with van der Waals surface area (Å²) in [5.41, 5.74) is 2.04. The first kappa shape index (κ1) is 16.3. The van der Waals surface area contributed by atoms with Crippen LogP contribution in [0.1, 0.15) is 30.7 Å². The van der Waals surface area contributed by atoms with E-state index in [1.54, 1.807) is 6.20 Å². The lowest BCUT2D eigenvalue weighted by Gasteiger charge is -2.24. The Morgan fingerprint density at radius 1 is 1.16 bits per heavy atom. The van der Waals surface area contributed by atoms with Crippen molar-refractivity contribution in [3.8, 4) is 0 Å². The molecule has 0 spiro atoms. The average molecular weight is 340 g/mol. The number of carbonyl (C=O) groups is 1. The fourth-order valence-electron chi connectivity index (χ4n) is 3.34. The first-order valence-corrected chi connectivity index (χ1v) is 9.04. The molecule has 0 unspecified atom stereocenters. The van der Waals surface area contributed by atoms with Gasteiger partial charge in [0.05, 0.1) is 31.1 Å². The molecule has 3 heterocycles. The number of rotatable bonds is 6. The van der Waals surface area contributed by atoms with Gasteiger partial charge in [0.1, 0.15) is 0 Å². The summed E-state index contributed by atoms with van der Waals surface area (Å²) in [7, 11) is 0. The molecule has 6 nitrogen and oxygen atoms in total. The van der Waals surface area contributed by atoms with Crippen molar-refractivity contribution in [3.05, 3.63) is 48.0 Å². The summed E-state index contributed by atoms with van der Waals surface area (Å²) in [6.07, 6.45) is 6.69. The minimum atomic E-state index is 0.244. The molecular formula is C19H24N4O2. The van der Waals surface area contributed by atoms with E-state index in [0.717, 1.165) is 24.5 Å². The maximum Gasteiger partial charge on any atom is 0.223 e. The van der Waals surface area contributed by atoms with Crippen molar-refractivity contribution in [1.82, 2.24) is 19.7 Å². The SMILES string of the molecule is O=C(CC1CC1)N1Cc2ccnn2C[C@H](COCc2ccccn2)C1. The highest BCUT2D eigenvalue weighted by Crippen LogP contribution is 2.33. The number of amides is 1. The van der Waals surface area contributed by atoms with Gasteiger partial charge in [-0.2, -0.15) is 5.10 Å². The predicted molar refractivity (Wildman–Crippen MR) is 92.4 cm³/mol. The van der Waals surface area contributed by atoms with E-state index in [4.69, 9.17) is 4.74 Å². The number of aromatic nitrogens is 3. The molecule has 0 aromatic carbocycles. The Hall–Kier alpha value is -2.21. The van der Waals surface area contributed by atoms with E-state index < -0.39 is 0 Å². The van der Waals surface area contributed by atoms with Crippen molar-refractivity contribution >= 4 is 5.91 Å². The monoisotopic (exact) mass is 340 g/mol. The van der Waals surface area contributed by atoms with E-state index in [1.807, 2.05) is 40.0 Å². The van der Waals surface area contributed by atoms with Gasteiger partial charge in [0.2, 0.25) is 5.91 Å². The molecule has 1 saturated carbocycles. The molecule has 2 aromatic heterocycles. The molecule has 4 rings (SSSR count). The molecule has 0 radical (unpaired) electrons. The fraction of sp³-hybridized carbons (Fsp3) is 0.526. The molecule has 132 valence electrons. The van der Waals surface area contributed by atoms with Crippen LogP contribution in [-0.2, 0) is 29.2 Å². The Bertz CT molecular complexity index is 711. The average Bonchev–Trinajstić information content (AvgIpc) is 3.37. The minimum absolute atomic E-state index is 0.244. The van der Waals surface area contributed by atoms with Crippen LogP contribution < -0.4 is 0 Å². The first-order valence-electron chi connectivity index (χ1n) is 9.04. The number of fused-ring (bicyclic) bond motifs is 1. The van der Waals surface area contributed by atoms with Gasteiger partial charge in [-0.15, -0.1) is 0 Å². The first-order chi connectivity index (χ1) is 12.3. The van der Waals surface area contributed by atoms with Crippen molar-refractivity contribution in [2.24, 2.45) is 11.8 Å². The van der Waals surface area contributed by atoms with E-state index in [0.29, 0.717) is 32.1 Å². The summed E-state index contributed by atoms with van der Waals surface area (Å²) in [5.74, 6) is 1.12. The predicted octanol–water partition coefficient (Wildman–Crippen LogP) is 2.25. The van der Waals surface area contributed by atoms with Crippen LogP contribution in [0.3, 0.4) is 0 Å². The Balaban J connectivity index is 1.38. The standard InChI is InChI=1S/C19H24N4O2/c24-19(9-15-4-5-15)22-10-16(11-23-18(12-22)6-8-21-23)13-25-14-17-3-1-2-7-20-17/h1-3,6-8,15-16H,4-5,9-14H2/t16-/m1/s1. The van der Waals surface area contributed by atoms with Gasteiger partial charge in [-0.3, -0.25) is 14.5 Å². The van der Waals surface area contributed by atoms with Gasteiger partial charge in [0, 0.05) is 37.8 Å². The molecule has 0 saturated heterocycles. The lowest BCUT2D eigenvalue weighted by Crippen LogP contribution is -2.35. The van der Waals surface area contributed by atoms with Crippen LogP contribution in [0.4, 0.5) is 0 Å². The molecule has 1 amide bonds. The molecule has 1 aliphatic heterocycles. The van der Waals surface area contributed by atoms with E-state index in [-0.39, 0.29) is 11.8 Å². The van der Waals surface area contributed by atoms with Crippen LogP contribution >= 0.6 is 0 Å². The van der Waals surface area contributed by atoms with Crippen LogP contribution in [0.5, 0.6) is 0 Å². The van der Waals surface area contributed by atoms with Crippen molar-refractivity contribution in [2.75, 3.05) is 13.2 Å². The second-order valence-electron chi connectivity index (χ2n) is 7.13. The molecule has 0 bridgehead atoms. The summed E-state index contributed by atoms with van der Waals surface area (Å²) in [4.78, 5) is 18.9. The summed E-state index contributed by atoms with van der Waals surface area (Å²) in [5, 5.41) is 4.41.